The van der Waals surface area contributed by atoms with Crippen LogP contribution in [-0.2, 0) is 4.74 Å². The van der Waals surface area contributed by atoms with Crippen LogP contribution in [0.25, 0.3) is 0 Å². The maximum absolute atomic E-state index is 12.3. The minimum absolute atomic E-state index is 0.0806. The van der Waals surface area contributed by atoms with E-state index in [-0.39, 0.29) is 12.1 Å². The first-order valence-electron chi connectivity index (χ1n) is 6.72. The van der Waals surface area contributed by atoms with Gasteiger partial charge in [0.15, 0.2) is 0 Å². The van der Waals surface area contributed by atoms with Gasteiger partial charge in [-0.2, -0.15) is 0 Å². The fraction of sp³-hybridized carbons (Fsp3) is 0.500. The summed E-state index contributed by atoms with van der Waals surface area (Å²) < 4.78 is 5.27. The van der Waals surface area contributed by atoms with Crippen LogP contribution in [0.5, 0.6) is 0 Å². The van der Waals surface area contributed by atoms with Gasteiger partial charge >= 0.3 is 6.03 Å². The highest BCUT2D eigenvalue weighted by Gasteiger charge is 2.22. The molecule has 104 valence electrons. The first-order valence-corrected chi connectivity index (χ1v) is 6.72. The molecule has 19 heavy (non-hydrogen) atoms. The maximum Gasteiger partial charge on any atom is 0.322 e. The lowest BCUT2D eigenvalue weighted by Gasteiger charge is -2.24. The molecule has 1 aromatic rings. The lowest BCUT2D eigenvalue weighted by Crippen LogP contribution is -2.45. The number of ether oxygens (including phenoxy) is 1. The van der Waals surface area contributed by atoms with Crippen molar-refractivity contribution in [2.45, 2.75) is 25.8 Å². The Hall–Kier alpha value is -1.75. The zero-order chi connectivity index (χ0) is 13.7. The van der Waals surface area contributed by atoms with Crippen LogP contribution >= 0.6 is 0 Å². The van der Waals surface area contributed by atoms with Crippen molar-refractivity contribution in [3.05, 3.63) is 24.3 Å². The fourth-order valence-electron chi connectivity index (χ4n) is 2.17. The zero-order valence-electron chi connectivity index (χ0n) is 11.3. The molecule has 0 bridgehead atoms. The molecule has 2 rings (SSSR count). The third-order valence-electron chi connectivity index (χ3n) is 3.13. The Morgan fingerprint density at radius 2 is 2.42 bits per heavy atom. The van der Waals surface area contributed by atoms with Crippen molar-refractivity contribution in [1.29, 1.82) is 0 Å². The molecule has 1 aliphatic rings. The molecule has 5 nitrogen and oxygen atoms in total. The second kappa shape index (κ2) is 6.43. The second-order valence-electron chi connectivity index (χ2n) is 4.76. The molecule has 0 spiro atoms. The van der Waals surface area contributed by atoms with Crippen molar-refractivity contribution in [3.8, 4) is 0 Å². The number of nitrogens with two attached hydrogens (primary N) is 1. The molecule has 1 unspecified atom stereocenters. The number of nitrogens with zero attached hydrogens (tertiary/aromatic N) is 1. The van der Waals surface area contributed by atoms with E-state index in [1.54, 1.807) is 4.90 Å². The molecule has 1 fully saturated rings. The van der Waals surface area contributed by atoms with Gasteiger partial charge in [-0.05, 0) is 31.0 Å². The summed E-state index contributed by atoms with van der Waals surface area (Å²) in [7, 11) is 0. The van der Waals surface area contributed by atoms with Gasteiger partial charge in [0, 0.05) is 24.5 Å². The zero-order valence-corrected chi connectivity index (χ0v) is 11.3. The third kappa shape index (κ3) is 3.61. The number of carbonyl (C=O) groups excluding carboxylic acids is 1. The summed E-state index contributed by atoms with van der Waals surface area (Å²) >= 11 is 0. The second-order valence-corrected chi connectivity index (χ2v) is 4.76. The Balaban J connectivity index is 2.07. The monoisotopic (exact) mass is 263 g/mol. The fourth-order valence-corrected chi connectivity index (χ4v) is 2.17. The van der Waals surface area contributed by atoms with E-state index in [4.69, 9.17) is 10.5 Å². The van der Waals surface area contributed by atoms with E-state index < -0.39 is 0 Å². The lowest BCUT2D eigenvalue weighted by atomic mass is 10.2. The average molecular weight is 263 g/mol. The molecule has 1 atom stereocenters. The van der Waals surface area contributed by atoms with Crippen LogP contribution < -0.4 is 16.0 Å². The molecule has 0 saturated carbocycles. The molecule has 0 aromatic heterocycles. The summed E-state index contributed by atoms with van der Waals surface area (Å²) in [6.45, 7) is 4.04. The summed E-state index contributed by atoms with van der Waals surface area (Å²) in [5.41, 5.74) is 7.27. The summed E-state index contributed by atoms with van der Waals surface area (Å²) in [5, 5.41) is 3.00. The van der Waals surface area contributed by atoms with Gasteiger partial charge in [0.2, 0.25) is 0 Å². The molecule has 1 saturated heterocycles. The highest BCUT2D eigenvalue weighted by molar-refractivity contribution is 5.92. The van der Waals surface area contributed by atoms with Crippen LogP contribution in [0, 0.1) is 0 Å². The number of hydrogen-bond acceptors (Lipinski definition) is 3. The van der Waals surface area contributed by atoms with Crippen LogP contribution in [0.1, 0.15) is 19.8 Å². The first kappa shape index (κ1) is 13.7. The van der Waals surface area contributed by atoms with Crippen LogP contribution in [0.2, 0.25) is 0 Å². The number of nitrogen functional groups attached to an aromatic ring is 1. The van der Waals surface area contributed by atoms with E-state index in [9.17, 15) is 4.79 Å². The van der Waals surface area contributed by atoms with Gasteiger partial charge in [-0.15, -0.1) is 0 Å². The molecule has 2 amide bonds. The van der Waals surface area contributed by atoms with Crippen molar-refractivity contribution < 1.29 is 9.53 Å². The Kier molecular flexibility index (Phi) is 4.63. The SMILES string of the molecule is CCCN(C(=O)NC1CCOC1)c1cccc(N)c1. The quantitative estimate of drug-likeness (QED) is 0.816. The highest BCUT2D eigenvalue weighted by atomic mass is 16.5. The number of anilines is 2. The number of hydrogen-bond donors (Lipinski definition) is 2. The van der Waals surface area contributed by atoms with Gasteiger partial charge in [-0.3, -0.25) is 4.90 Å². The minimum atomic E-state index is -0.0806. The number of amides is 2. The molecular weight excluding hydrogens is 242 g/mol. The number of carbonyl (C=O) groups is 1. The Labute approximate surface area is 113 Å². The predicted octanol–water partition coefficient (Wildman–Crippen LogP) is 1.98. The van der Waals surface area contributed by atoms with Crippen LogP contribution in [-0.4, -0.2) is 31.8 Å². The number of benzene rings is 1. The van der Waals surface area contributed by atoms with Gasteiger partial charge in [0.1, 0.15) is 0 Å². The summed E-state index contributed by atoms with van der Waals surface area (Å²) in [5.74, 6) is 0. The lowest BCUT2D eigenvalue weighted by molar-refractivity contribution is 0.189. The van der Waals surface area contributed by atoms with Gasteiger partial charge in [-0.1, -0.05) is 13.0 Å². The standard InChI is InChI=1S/C14H21N3O2/c1-2-7-17(13-5-3-4-11(15)9-13)14(18)16-12-6-8-19-10-12/h3-5,9,12H,2,6-8,10,15H2,1H3,(H,16,18). The van der Waals surface area contributed by atoms with Crippen molar-refractivity contribution >= 4 is 17.4 Å². The Bertz CT molecular complexity index is 430. The average Bonchev–Trinajstić information content (AvgIpc) is 2.88. The number of nitrogens with one attached hydrogen (secondary N) is 1. The van der Waals surface area contributed by atoms with Gasteiger partial charge in [0.05, 0.1) is 12.6 Å². The summed E-state index contributed by atoms with van der Waals surface area (Å²) in [6.07, 6.45) is 1.77. The van der Waals surface area contributed by atoms with Crippen LogP contribution in [0.4, 0.5) is 16.2 Å². The smallest absolute Gasteiger partial charge is 0.322 e. The van der Waals surface area contributed by atoms with E-state index in [1.807, 2.05) is 31.2 Å². The molecule has 5 heteroatoms. The molecule has 1 aliphatic heterocycles. The normalized spacial score (nSPS) is 18.3. The largest absolute Gasteiger partial charge is 0.399 e. The predicted molar refractivity (Wildman–Crippen MR) is 76.2 cm³/mol. The van der Waals surface area contributed by atoms with Crippen molar-refractivity contribution in [2.24, 2.45) is 0 Å². The minimum Gasteiger partial charge on any atom is -0.399 e. The summed E-state index contributed by atoms with van der Waals surface area (Å²) in [4.78, 5) is 14.1. The van der Waals surface area contributed by atoms with E-state index in [0.717, 1.165) is 25.1 Å². The molecule has 3 N–H and O–H groups in total. The molecule has 1 heterocycles. The van der Waals surface area contributed by atoms with Crippen molar-refractivity contribution in [1.82, 2.24) is 5.32 Å². The first-order chi connectivity index (χ1) is 9.20. The molecule has 1 aromatic carbocycles. The molecule has 0 radical (unpaired) electrons. The summed E-state index contributed by atoms with van der Waals surface area (Å²) in [6, 6.07) is 7.43. The van der Waals surface area contributed by atoms with E-state index in [0.29, 0.717) is 18.8 Å². The van der Waals surface area contributed by atoms with Gasteiger partial charge < -0.3 is 15.8 Å². The highest BCUT2D eigenvalue weighted by Crippen LogP contribution is 2.18. The van der Waals surface area contributed by atoms with Crippen molar-refractivity contribution in [2.75, 3.05) is 30.4 Å². The van der Waals surface area contributed by atoms with Gasteiger partial charge in [-0.25, -0.2) is 4.79 Å². The van der Waals surface area contributed by atoms with E-state index >= 15 is 0 Å². The topological polar surface area (TPSA) is 67.6 Å². The Morgan fingerprint density at radius 3 is 3.05 bits per heavy atom. The molecular formula is C14H21N3O2. The van der Waals surface area contributed by atoms with Crippen molar-refractivity contribution in [3.63, 3.8) is 0 Å². The maximum atomic E-state index is 12.3. The Morgan fingerprint density at radius 1 is 1.58 bits per heavy atom. The van der Waals surface area contributed by atoms with E-state index in [1.165, 1.54) is 0 Å². The number of rotatable bonds is 4. The van der Waals surface area contributed by atoms with Crippen LogP contribution in [0.3, 0.4) is 0 Å². The van der Waals surface area contributed by atoms with E-state index in [2.05, 4.69) is 5.32 Å². The van der Waals surface area contributed by atoms with Crippen LogP contribution in [0.15, 0.2) is 24.3 Å². The number of urea groups is 1. The third-order valence-corrected chi connectivity index (χ3v) is 3.13. The van der Waals surface area contributed by atoms with Gasteiger partial charge in [0.25, 0.3) is 0 Å². The molecule has 0 aliphatic carbocycles.